The van der Waals surface area contributed by atoms with Gasteiger partial charge in [0.2, 0.25) is 11.8 Å². The first kappa shape index (κ1) is 34.0. The number of benzene rings is 4. The van der Waals surface area contributed by atoms with Crippen LogP contribution in [0.25, 0.3) is 0 Å². The van der Waals surface area contributed by atoms with Gasteiger partial charge in [-0.25, -0.2) is 4.79 Å². The summed E-state index contributed by atoms with van der Waals surface area (Å²) in [6.45, 7) is 0.00291. The van der Waals surface area contributed by atoms with Gasteiger partial charge in [0, 0.05) is 25.8 Å². The highest BCUT2D eigenvalue weighted by molar-refractivity contribution is 5.95. The number of rotatable bonds is 11. The Kier molecular flexibility index (Phi) is 10.3. The van der Waals surface area contributed by atoms with Crippen molar-refractivity contribution in [3.8, 4) is 11.5 Å². The Hall–Kier alpha value is -5.88. The second-order valence-electron chi connectivity index (χ2n) is 12.4. The standard InChI is InChI=1S/C38H38N4O8/c43-29-15-11-27(12-16-29)22-32-36(46)40(31(21-26-9-5-2-6-10-26)35(45)39-20-19-25-7-3-1-4-8-25)24-34-41(32)37(47)33(50-42(34)38(48)49)23-28-13-17-30(44)18-14-28/h1-18,31-34,43-44H,19-24H2,(H,39,45)(H,48,49). The zero-order valence-electron chi connectivity index (χ0n) is 27.2. The van der Waals surface area contributed by atoms with E-state index >= 15 is 0 Å². The van der Waals surface area contributed by atoms with Gasteiger partial charge >= 0.3 is 6.09 Å². The molecular weight excluding hydrogens is 640 g/mol. The van der Waals surface area contributed by atoms with Crippen molar-refractivity contribution in [3.05, 3.63) is 131 Å². The maximum absolute atomic E-state index is 14.7. The van der Waals surface area contributed by atoms with Gasteiger partial charge in [0.1, 0.15) is 23.6 Å². The average molecular weight is 679 g/mol. The van der Waals surface area contributed by atoms with E-state index in [9.17, 15) is 34.5 Å². The van der Waals surface area contributed by atoms with Gasteiger partial charge in [0.25, 0.3) is 5.91 Å². The molecule has 4 aromatic rings. The molecule has 2 heterocycles. The molecule has 2 saturated heterocycles. The van der Waals surface area contributed by atoms with Gasteiger partial charge in [-0.2, -0.15) is 5.06 Å². The van der Waals surface area contributed by atoms with Crippen LogP contribution in [0, 0.1) is 0 Å². The molecule has 6 rings (SSSR count). The maximum atomic E-state index is 14.7. The summed E-state index contributed by atoms with van der Waals surface area (Å²) in [7, 11) is 0. The summed E-state index contributed by atoms with van der Waals surface area (Å²) in [5, 5.41) is 33.7. The number of aromatic hydroxyl groups is 2. The summed E-state index contributed by atoms with van der Waals surface area (Å²) < 4.78 is 0. The Labute approximate surface area is 289 Å². The largest absolute Gasteiger partial charge is 0.508 e. The number of nitrogens with zero attached hydrogens (tertiary/aromatic N) is 3. The Morgan fingerprint density at radius 3 is 1.88 bits per heavy atom. The average Bonchev–Trinajstić information content (AvgIpc) is 3.12. The third kappa shape index (κ3) is 7.71. The second kappa shape index (κ2) is 15.1. The molecule has 4 atom stereocenters. The van der Waals surface area contributed by atoms with Crippen molar-refractivity contribution in [3.63, 3.8) is 0 Å². The van der Waals surface area contributed by atoms with Crippen molar-refractivity contribution in [1.82, 2.24) is 20.2 Å². The number of hydrogen-bond donors (Lipinski definition) is 4. The third-order valence-corrected chi connectivity index (χ3v) is 9.04. The number of carboxylic acid groups (broad SMARTS) is 1. The molecule has 2 aliphatic heterocycles. The molecule has 0 radical (unpaired) electrons. The first-order chi connectivity index (χ1) is 24.2. The summed E-state index contributed by atoms with van der Waals surface area (Å²) in [6.07, 6.45) is -3.32. The lowest BCUT2D eigenvalue weighted by Crippen LogP contribution is -2.75. The number of nitrogens with one attached hydrogen (secondary N) is 1. The molecule has 50 heavy (non-hydrogen) atoms. The summed E-state index contributed by atoms with van der Waals surface area (Å²) in [4.78, 5) is 64.1. The monoisotopic (exact) mass is 678 g/mol. The van der Waals surface area contributed by atoms with E-state index in [0.29, 0.717) is 29.2 Å². The Bertz CT molecular complexity index is 1800. The third-order valence-electron chi connectivity index (χ3n) is 9.04. The number of fused-ring (bicyclic) bond motifs is 1. The first-order valence-corrected chi connectivity index (χ1v) is 16.4. The molecule has 0 spiro atoms. The summed E-state index contributed by atoms with van der Waals surface area (Å²) in [5.41, 5.74) is 3.05. The van der Waals surface area contributed by atoms with Crippen LogP contribution in [0.4, 0.5) is 4.79 Å². The second-order valence-corrected chi connectivity index (χ2v) is 12.4. The number of carbonyl (C=O) groups excluding carboxylic acids is 3. The lowest BCUT2D eigenvalue weighted by Gasteiger charge is -2.53. The molecule has 4 amide bonds. The zero-order valence-corrected chi connectivity index (χ0v) is 27.2. The zero-order chi connectivity index (χ0) is 35.2. The smallest absolute Gasteiger partial charge is 0.433 e. The van der Waals surface area contributed by atoms with Gasteiger partial charge in [-0.3, -0.25) is 19.2 Å². The molecule has 4 aromatic carbocycles. The lowest BCUT2D eigenvalue weighted by molar-refractivity contribution is -0.265. The number of phenols is 2. The van der Waals surface area contributed by atoms with Crippen molar-refractivity contribution < 1.29 is 39.3 Å². The van der Waals surface area contributed by atoms with E-state index in [0.717, 1.165) is 11.1 Å². The molecule has 0 saturated carbocycles. The van der Waals surface area contributed by atoms with Crippen LogP contribution >= 0.6 is 0 Å². The van der Waals surface area contributed by atoms with E-state index < -0.39 is 48.2 Å². The molecule has 258 valence electrons. The Balaban J connectivity index is 1.35. The SMILES string of the molecule is O=C(NCCc1ccccc1)C(Cc1ccccc1)N1CC2N(C(=O)O)OC(Cc3ccc(O)cc3)C(=O)N2C(Cc2ccc(O)cc2)C1=O. The van der Waals surface area contributed by atoms with Crippen LogP contribution in [0.1, 0.15) is 22.3 Å². The molecular formula is C38H38N4O8. The van der Waals surface area contributed by atoms with Crippen LogP contribution in [0.2, 0.25) is 0 Å². The highest BCUT2D eigenvalue weighted by Gasteiger charge is 2.54. The number of amides is 4. The van der Waals surface area contributed by atoms with Gasteiger partial charge in [-0.05, 0) is 52.9 Å². The Morgan fingerprint density at radius 2 is 1.30 bits per heavy atom. The fourth-order valence-electron chi connectivity index (χ4n) is 6.52. The number of carbonyl (C=O) groups is 4. The molecule has 2 fully saturated rings. The maximum Gasteiger partial charge on any atom is 0.433 e. The number of hydroxylamine groups is 2. The van der Waals surface area contributed by atoms with Gasteiger partial charge in [-0.1, -0.05) is 84.9 Å². The fraction of sp³-hybridized carbons (Fsp3) is 0.263. The quantitative estimate of drug-likeness (QED) is 0.188. The summed E-state index contributed by atoms with van der Waals surface area (Å²) in [5.74, 6) is -1.46. The summed E-state index contributed by atoms with van der Waals surface area (Å²) in [6, 6.07) is 28.9. The highest BCUT2D eigenvalue weighted by Crippen LogP contribution is 2.32. The Morgan fingerprint density at radius 1 is 0.740 bits per heavy atom. The fourth-order valence-corrected chi connectivity index (χ4v) is 6.52. The molecule has 4 unspecified atom stereocenters. The minimum Gasteiger partial charge on any atom is -0.508 e. The van der Waals surface area contributed by atoms with Crippen LogP contribution in [0.3, 0.4) is 0 Å². The van der Waals surface area contributed by atoms with Crippen LogP contribution in [-0.2, 0) is 44.9 Å². The van der Waals surface area contributed by atoms with Crippen molar-refractivity contribution >= 4 is 23.8 Å². The van der Waals surface area contributed by atoms with Crippen LogP contribution in [-0.4, -0.2) is 91.4 Å². The molecule has 0 aliphatic carbocycles. The number of phenolic OH excluding ortho intramolecular Hbond substituents is 2. The van der Waals surface area contributed by atoms with E-state index in [1.807, 2.05) is 60.7 Å². The normalized spacial score (nSPS) is 19.5. The van der Waals surface area contributed by atoms with Gasteiger partial charge < -0.3 is 30.4 Å². The molecule has 12 heteroatoms. The lowest BCUT2D eigenvalue weighted by atomic mass is 9.94. The topological polar surface area (TPSA) is 160 Å². The van der Waals surface area contributed by atoms with E-state index in [2.05, 4.69) is 5.32 Å². The minimum atomic E-state index is -1.46. The predicted octanol–water partition coefficient (Wildman–Crippen LogP) is 3.51. The molecule has 12 nitrogen and oxygen atoms in total. The van der Waals surface area contributed by atoms with E-state index in [1.165, 1.54) is 34.1 Å². The molecule has 2 aliphatic rings. The molecule has 4 N–H and O–H groups in total. The van der Waals surface area contributed by atoms with Crippen LogP contribution < -0.4 is 5.32 Å². The molecule has 0 aromatic heterocycles. The van der Waals surface area contributed by atoms with Crippen molar-refractivity contribution in [2.24, 2.45) is 0 Å². The van der Waals surface area contributed by atoms with Crippen molar-refractivity contribution in [2.75, 3.05) is 13.1 Å². The number of hydrogen-bond acceptors (Lipinski definition) is 7. The van der Waals surface area contributed by atoms with E-state index in [-0.39, 0.29) is 37.3 Å². The predicted molar refractivity (Wildman–Crippen MR) is 182 cm³/mol. The van der Waals surface area contributed by atoms with Gasteiger partial charge in [-0.15, -0.1) is 0 Å². The first-order valence-electron chi connectivity index (χ1n) is 16.4. The number of piperazine rings is 1. The molecule has 0 bridgehead atoms. The summed E-state index contributed by atoms with van der Waals surface area (Å²) >= 11 is 0. The van der Waals surface area contributed by atoms with Crippen LogP contribution in [0.15, 0.2) is 109 Å². The van der Waals surface area contributed by atoms with E-state index in [1.54, 1.807) is 24.3 Å². The van der Waals surface area contributed by atoms with Crippen molar-refractivity contribution in [1.29, 1.82) is 0 Å². The van der Waals surface area contributed by atoms with Gasteiger partial charge in [0.05, 0.1) is 6.54 Å². The van der Waals surface area contributed by atoms with E-state index in [4.69, 9.17) is 4.84 Å². The van der Waals surface area contributed by atoms with Crippen LogP contribution in [0.5, 0.6) is 11.5 Å². The van der Waals surface area contributed by atoms with Crippen molar-refractivity contribution in [2.45, 2.75) is 50.0 Å². The van der Waals surface area contributed by atoms with Gasteiger partial charge in [0.15, 0.2) is 12.3 Å². The highest BCUT2D eigenvalue weighted by atomic mass is 16.7. The minimum absolute atomic E-state index is 0.00900.